The predicted molar refractivity (Wildman–Crippen MR) is 109 cm³/mol. The molecular weight excluding hydrogens is 308 g/mol. The Hall–Kier alpha value is -0.0800. The van der Waals surface area contributed by atoms with Crippen LogP contribution in [0.4, 0.5) is 0 Å². The van der Waals surface area contributed by atoms with Gasteiger partial charge in [-0.1, -0.05) is 110 Å². The highest BCUT2D eigenvalue weighted by atomic mass is 16.6. The molecule has 0 aromatic heterocycles. The van der Waals surface area contributed by atoms with E-state index >= 15 is 0 Å². The third kappa shape index (κ3) is 18.5. The van der Waals surface area contributed by atoms with Crippen LogP contribution < -0.4 is 0 Å². The van der Waals surface area contributed by atoms with Crippen LogP contribution in [0, 0.1) is 5.92 Å². The number of ether oxygens (including phenoxy) is 2. The van der Waals surface area contributed by atoms with E-state index in [1.54, 1.807) is 0 Å². The summed E-state index contributed by atoms with van der Waals surface area (Å²) in [6, 6.07) is 0. The fraction of sp³-hybridized carbons (Fsp3) is 1.00. The molecule has 0 aromatic carbocycles. The van der Waals surface area contributed by atoms with Crippen molar-refractivity contribution >= 4 is 0 Å². The smallest absolute Gasteiger partial charge is 0.104 e. The van der Waals surface area contributed by atoms with Crippen molar-refractivity contribution in [3.8, 4) is 0 Å². The van der Waals surface area contributed by atoms with Crippen molar-refractivity contribution in [2.45, 2.75) is 123 Å². The van der Waals surface area contributed by atoms with Crippen molar-refractivity contribution < 1.29 is 9.47 Å². The molecule has 2 heteroatoms. The van der Waals surface area contributed by atoms with Crippen LogP contribution in [0.5, 0.6) is 0 Å². The Morgan fingerprint density at radius 1 is 0.680 bits per heavy atom. The molecule has 0 bridgehead atoms. The highest BCUT2D eigenvalue weighted by molar-refractivity contribution is 4.67. The molecule has 0 amide bonds. The Balaban J connectivity index is 1.60. The van der Waals surface area contributed by atoms with Gasteiger partial charge in [-0.25, -0.2) is 0 Å². The minimum Gasteiger partial charge on any atom is -0.379 e. The maximum absolute atomic E-state index is 5.56. The van der Waals surface area contributed by atoms with Crippen LogP contribution in [0.3, 0.4) is 0 Å². The highest BCUT2D eigenvalue weighted by Gasteiger charge is 2.21. The van der Waals surface area contributed by atoms with Crippen LogP contribution in [0.25, 0.3) is 0 Å². The van der Waals surface area contributed by atoms with Crippen LogP contribution in [-0.2, 0) is 9.47 Å². The Labute approximate surface area is 158 Å². The second-order valence-electron chi connectivity index (χ2n) is 8.52. The lowest BCUT2D eigenvalue weighted by Gasteiger charge is -2.05. The summed E-state index contributed by atoms with van der Waals surface area (Å²) in [4.78, 5) is 0. The summed E-state index contributed by atoms with van der Waals surface area (Å²) < 4.78 is 10.7. The molecule has 2 nitrogen and oxygen atoms in total. The summed E-state index contributed by atoms with van der Waals surface area (Å²) in [5, 5.41) is 0. The minimum absolute atomic E-state index is 0.426. The largest absolute Gasteiger partial charge is 0.379 e. The SMILES string of the molecule is CC(C)CCCCCCCCCCCCCCCCCOCC1CO1. The average Bonchev–Trinajstić information content (AvgIpc) is 3.41. The summed E-state index contributed by atoms with van der Waals surface area (Å²) in [5.74, 6) is 0.890. The first-order valence-electron chi connectivity index (χ1n) is 11.5. The zero-order chi connectivity index (χ0) is 18.0. The standard InChI is InChI=1S/C23H46O2/c1-22(2)18-16-14-12-10-8-6-4-3-5-7-9-11-13-15-17-19-24-20-23-21-25-23/h22-23H,3-21H2,1-2H3. The Kier molecular flexibility index (Phi) is 15.9. The highest BCUT2D eigenvalue weighted by Crippen LogP contribution is 2.15. The Bertz CT molecular complexity index is 243. The van der Waals surface area contributed by atoms with Gasteiger partial charge in [-0.15, -0.1) is 0 Å². The quantitative estimate of drug-likeness (QED) is 0.169. The molecule has 0 aliphatic carbocycles. The molecule has 0 aromatic rings. The fourth-order valence-electron chi connectivity index (χ4n) is 3.43. The molecule has 150 valence electrons. The van der Waals surface area contributed by atoms with Crippen LogP contribution in [0.2, 0.25) is 0 Å². The van der Waals surface area contributed by atoms with Gasteiger partial charge in [0.15, 0.2) is 0 Å². The van der Waals surface area contributed by atoms with Gasteiger partial charge in [0.25, 0.3) is 0 Å². The lowest BCUT2D eigenvalue weighted by atomic mass is 10.0. The molecule has 0 radical (unpaired) electrons. The van der Waals surface area contributed by atoms with Gasteiger partial charge in [-0.3, -0.25) is 0 Å². The normalized spacial score (nSPS) is 16.7. The number of unbranched alkanes of at least 4 members (excludes halogenated alkanes) is 14. The molecule has 1 saturated heterocycles. The van der Waals surface area contributed by atoms with Gasteiger partial charge >= 0.3 is 0 Å². The average molecular weight is 355 g/mol. The van der Waals surface area contributed by atoms with E-state index in [1.807, 2.05) is 0 Å². The van der Waals surface area contributed by atoms with Gasteiger partial charge in [-0.2, -0.15) is 0 Å². The molecule has 0 saturated carbocycles. The lowest BCUT2D eigenvalue weighted by molar-refractivity contribution is 0.113. The van der Waals surface area contributed by atoms with Crippen LogP contribution in [0.1, 0.15) is 117 Å². The van der Waals surface area contributed by atoms with Crippen molar-refractivity contribution in [1.29, 1.82) is 0 Å². The number of rotatable bonds is 20. The fourth-order valence-corrected chi connectivity index (χ4v) is 3.43. The number of hydrogen-bond acceptors (Lipinski definition) is 2. The molecule has 0 N–H and O–H groups in total. The zero-order valence-electron chi connectivity index (χ0n) is 17.4. The first-order chi connectivity index (χ1) is 12.3. The zero-order valence-corrected chi connectivity index (χ0v) is 17.4. The first-order valence-corrected chi connectivity index (χ1v) is 11.5. The van der Waals surface area contributed by atoms with E-state index in [-0.39, 0.29) is 0 Å². The summed E-state index contributed by atoms with van der Waals surface area (Å²) in [5.41, 5.74) is 0. The van der Waals surface area contributed by atoms with E-state index in [4.69, 9.17) is 9.47 Å². The molecule has 1 heterocycles. The van der Waals surface area contributed by atoms with Crippen molar-refractivity contribution in [1.82, 2.24) is 0 Å². The van der Waals surface area contributed by atoms with Crippen molar-refractivity contribution in [2.24, 2.45) is 5.92 Å². The molecule has 1 atom stereocenters. The number of hydrogen-bond donors (Lipinski definition) is 0. The molecule has 1 fully saturated rings. The molecule has 1 unspecified atom stereocenters. The lowest BCUT2D eigenvalue weighted by Crippen LogP contribution is -2.02. The van der Waals surface area contributed by atoms with Gasteiger partial charge in [0.05, 0.1) is 13.2 Å². The van der Waals surface area contributed by atoms with Gasteiger partial charge in [0.2, 0.25) is 0 Å². The Morgan fingerprint density at radius 2 is 1.08 bits per heavy atom. The van der Waals surface area contributed by atoms with Gasteiger partial charge in [0, 0.05) is 6.61 Å². The maximum Gasteiger partial charge on any atom is 0.104 e. The molecule has 0 spiro atoms. The van der Waals surface area contributed by atoms with Crippen molar-refractivity contribution in [2.75, 3.05) is 19.8 Å². The second-order valence-corrected chi connectivity index (χ2v) is 8.52. The maximum atomic E-state index is 5.56. The molecule has 1 rings (SSSR count). The topological polar surface area (TPSA) is 21.8 Å². The van der Waals surface area contributed by atoms with Crippen LogP contribution in [0.15, 0.2) is 0 Å². The summed E-state index contributed by atoms with van der Waals surface area (Å²) in [7, 11) is 0. The molecule has 25 heavy (non-hydrogen) atoms. The van der Waals surface area contributed by atoms with E-state index in [0.717, 1.165) is 25.7 Å². The van der Waals surface area contributed by atoms with E-state index in [9.17, 15) is 0 Å². The van der Waals surface area contributed by atoms with Crippen LogP contribution in [-0.4, -0.2) is 25.9 Å². The van der Waals surface area contributed by atoms with Crippen molar-refractivity contribution in [3.05, 3.63) is 0 Å². The third-order valence-corrected chi connectivity index (χ3v) is 5.28. The Morgan fingerprint density at radius 3 is 1.48 bits per heavy atom. The summed E-state index contributed by atoms with van der Waals surface area (Å²) >= 11 is 0. The van der Waals surface area contributed by atoms with Crippen LogP contribution >= 0.6 is 0 Å². The monoisotopic (exact) mass is 354 g/mol. The molecule has 1 aliphatic rings. The predicted octanol–water partition coefficient (Wildman–Crippen LogP) is 7.30. The first kappa shape index (κ1) is 23.0. The van der Waals surface area contributed by atoms with E-state index in [2.05, 4.69) is 13.8 Å². The van der Waals surface area contributed by atoms with E-state index < -0.39 is 0 Å². The van der Waals surface area contributed by atoms with Gasteiger partial charge in [-0.05, 0) is 12.3 Å². The minimum atomic E-state index is 0.426. The van der Waals surface area contributed by atoms with Crippen molar-refractivity contribution in [3.63, 3.8) is 0 Å². The third-order valence-electron chi connectivity index (χ3n) is 5.28. The van der Waals surface area contributed by atoms with E-state index in [1.165, 1.54) is 103 Å². The molecular formula is C23H46O2. The van der Waals surface area contributed by atoms with Gasteiger partial charge < -0.3 is 9.47 Å². The summed E-state index contributed by atoms with van der Waals surface area (Å²) in [6.45, 7) is 7.33. The molecule has 1 aliphatic heterocycles. The van der Waals surface area contributed by atoms with E-state index in [0.29, 0.717) is 6.10 Å². The van der Waals surface area contributed by atoms with Gasteiger partial charge in [0.1, 0.15) is 6.10 Å². The summed E-state index contributed by atoms with van der Waals surface area (Å²) in [6.07, 6.45) is 23.3. The number of epoxide rings is 1. The second kappa shape index (κ2) is 17.3.